The Morgan fingerprint density at radius 3 is 1.90 bits per heavy atom. The van der Waals surface area contributed by atoms with Crippen LogP contribution < -0.4 is 21.1 Å². The Morgan fingerprint density at radius 2 is 1.43 bits per heavy atom. The van der Waals surface area contributed by atoms with Crippen LogP contribution in [0, 0.1) is 0 Å². The average molecular weight is 547 g/mol. The van der Waals surface area contributed by atoms with Gasteiger partial charge in [0, 0.05) is 6.54 Å². The molecule has 5 N–H and O–H groups in total. The highest BCUT2D eigenvalue weighted by molar-refractivity contribution is 5.81. The van der Waals surface area contributed by atoms with Crippen molar-refractivity contribution in [3.63, 3.8) is 0 Å². The van der Waals surface area contributed by atoms with E-state index < -0.39 is 29.2 Å². The molecule has 0 saturated carbocycles. The Hall–Kier alpha value is -4.53. The Labute approximate surface area is 235 Å². The number of hydrogen-bond donors (Lipinski definition) is 4. The molecular weight excluding hydrogens is 508 g/mol. The van der Waals surface area contributed by atoms with Crippen LogP contribution >= 0.6 is 0 Å². The predicted octanol–water partition coefficient (Wildman–Crippen LogP) is 4.65. The monoisotopic (exact) mass is 546 g/mol. The number of carboxylic acids is 1. The van der Waals surface area contributed by atoms with Gasteiger partial charge in [0.2, 0.25) is 0 Å². The Kier molecular flexibility index (Phi) is 10.1. The molecule has 0 heterocycles. The van der Waals surface area contributed by atoms with Gasteiger partial charge in [-0.1, -0.05) is 72.8 Å². The zero-order valence-corrected chi connectivity index (χ0v) is 23.4. The summed E-state index contributed by atoms with van der Waals surface area (Å²) in [4.78, 5) is 28.2. The van der Waals surface area contributed by atoms with Gasteiger partial charge < -0.3 is 30.9 Å². The molecular formula is C31H38N4O5. The Morgan fingerprint density at radius 1 is 0.900 bits per heavy atom. The number of aliphatic imine (C=N–C) groups is 1. The van der Waals surface area contributed by atoms with Crippen LogP contribution in [0.15, 0.2) is 89.9 Å². The summed E-state index contributed by atoms with van der Waals surface area (Å²) in [6.45, 7) is 5.39. The van der Waals surface area contributed by atoms with Gasteiger partial charge in [0.15, 0.2) is 5.96 Å². The summed E-state index contributed by atoms with van der Waals surface area (Å²) < 4.78 is 10.6. The molecule has 0 aliphatic rings. The molecule has 0 fully saturated rings. The van der Waals surface area contributed by atoms with Crippen LogP contribution in [0.25, 0.3) is 0 Å². The van der Waals surface area contributed by atoms with Crippen molar-refractivity contribution in [1.82, 2.24) is 10.6 Å². The molecule has 3 rings (SSSR count). The van der Waals surface area contributed by atoms with E-state index in [9.17, 15) is 14.7 Å². The molecule has 3 aromatic rings. The smallest absolute Gasteiger partial charge is 0.408 e. The summed E-state index contributed by atoms with van der Waals surface area (Å²) in [5.74, 6) is -0.225. The predicted molar refractivity (Wildman–Crippen MR) is 155 cm³/mol. The van der Waals surface area contributed by atoms with Gasteiger partial charge in [-0.2, -0.15) is 0 Å². The van der Waals surface area contributed by atoms with Gasteiger partial charge in [0.25, 0.3) is 0 Å². The number of nitrogens with two attached hydrogens (primary N) is 1. The number of benzene rings is 3. The van der Waals surface area contributed by atoms with E-state index in [1.165, 1.54) is 0 Å². The van der Waals surface area contributed by atoms with E-state index in [0.29, 0.717) is 6.42 Å². The maximum Gasteiger partial charge on any atom is 0.408 e. The molecule has 9 nitrogen and oxygen atoms in total. The fourth-order valence-electron chi connectivity index (χ4n) is 4.37. The average Bonchev–Trinajstić information content (AvgIpc) is 2.93. The van der Waals surface area contributed by atoms with Crippen molar-refractivity contribution in [2.75, 3.05) is 13.7 Å². The highest BCUT2D eigenvalue weighted by Crippen LogP contribution is 2.37. The number of ether oxygens (including phenoxy) is 2. The van der Waals surface area contributed by atoms with Crippen LogP contribution in [0.4, 0.5) is 4.79 Å². The van der Waals surface area contributed by atoms with Crippen molar-refractivity contribution in [3.05, 3.63) is 102 Å². The molecule has 1 atom stereocenters. The minimum Gasteiger partial charge on any atom is -0.497 e. The molecule has 0 aliphatic heterocycles. The largest absolute Gasteiger partial charge is 0.497 e. The van der Waals surface area contributed by atoms with Crippen LogP contribution in [0.1, 0.15) is 50.3 Å². The minimum atomic E-state index is -1.15. The molecule has 40 heavy (non-hydrogen) atoms. The normalized spacial score (nSPS) is 12.8. The van der Waals surface area contributed by atoms with E-state index in [2.05, 4.69) is 15.6 Å². The standard InChI is InChI=1S/C31H38N4O5/c1-30(2,3)40-29(38)34-26(27(36)37)16-11-21-33-28(32)35-31(22-12-7-5-8-13-22,23-14-9-6-10-15-23)24-17-19-25(39-4)20-18-24/h5-10,12-15,17-20,26H,11,16,21H2,1-4H3,(H,34,38)(H,36,37)(H3,32,33,35)/t26-/m0/s1. The third kappa shape index (κ3) is 7.99. The lowest BCUT2D eigenvalue weighted by Crippen LogP contribution is -2.50. The molecule has 9 heteroatoms. The molecule has 0 aromatic heterocycles. The summed E-state index contributed by atoms with van der Waals surface area (Å²) in [5.41, 5.74) is 7.70. The van der Waals surface area contributed by atoms with Crippen molar-refractivity contribution in [3.8, 4) is 5.75 Å². The fourth-order valence-corrected chi connectivity index (χ4v) is 4.37. The number of aliphatic carboxylic acids is 1. The van der Waals surface area contributed by atoms with Crippen molar-refractivity contribution < 1.29 is 24.2 Å². The highest BCUT2D eigenvalue weighted by Gasteiger charge is 2.37. The number of nitrogens with one attached hydrogen (secondary N) is 2. The fraction of sp³-hybridized carbons (Fsp3) is 0.323. The summed E-state index contributed by atoms with van der Waals surface area (Å²) in [6.07, 6.45) is -0.243. The van der Waals surface area contributed by atoms with Crippen molar-refractivity contribution in [2.45, 2.75) is 50.8 Å². The van der Waals surface area contributed by atoms with Gasteiger partial charge in [-0.25, -0.2) is 9.59 Å². The first kappa shape index (κ1) is 30.0. The van der Waals surface area contributed by atoms with Gasteiger partial charge in [-0.05, 0) is 62.4 Å². The number of carboxylic acid groups (broad SMARTS) is 1. The number of methoxy groups -OCH3 is 1. The molecule has 3 aromatic carbocycles. The van der Waals surface area contributed by atoms with Crippen molar-refractivity contribution in [1.29, 1.82) is 0 Å². The summed E-state index contributed by atoms with van der Waals surface area (Å²) in [5, 5.41) is 15.4. The van der Waals surface area contributed by atoms with Crippen LogP contribution in [-0.2, 0) is 15.1 Å². The number of amides is 1. The second-order valence-corrected chi connectivity index (χ2v) is 10.3. The van der Waals surface area contributed by atoms with Gasteiger partial charge in [0.1, 0.15) is 22.9 Å². The first-order valence-corrected chi connectivity index (χ1v) is 13.1. The van der Waals surface area contributed by atoms with Gasteiger partial charge in [-0.3, -0.25) is 4.99 Å². The van der Waals surface area contributed by atoms with Crippen LogP contribution in [0.3, 0.4) is 0 Å². The van der Waals surface area contributed by atoms with Crippen molar-refractivity contribution in [2.24, 2.45) is 10.7 Å². The van der Waals surface area contributed by atoms with E-state index in [4.69, 9.17) is 15.2 Å². The molecule has 0 spiro atoms. The number of nitrogens with zero attached hydrogens (tertiary/aromatic N) is 1. The third-order valence-corrected chi connectivity index (χ3v) is 6.17. The molecule has 0 unspecified atom stereocenters. The van der Waals surface area contributed by atoms with E-state index >= 15 is 0 Å². The Balaban J connectivity index is 1.85. The summed E-state index contributed by atoms with van der Waals surface area (Å²) >= 11 is 0. The zero-order chi connectivity index (χ0) is 29.2. The quantitative estimate of drug-likeness (QED) is 0.119. The Bertz CT molecular complexity index is 1230. The lowest BCUT2D eigenvalue weighted by molar-refractivity contribution is -0.139. The first-order chi connectivity index (χ1) is 19.0. The first-order valence-electron chi connectivity index (χ1n) is 13.1. The van der Waals surface area contributed by atoms with Crippen LogP contribution in [-0.4, -0.2) is 48.4 Å². The van der Waals surface area contributed by atoms with Crippen LogP contribution in [0.2, 0.25) is 0 Å². The van der Waals surface area contributed by atoms with E-state index in [-0.39, 0.29) is 18.9 Å². The summed E-state index contributed by atoms with van der Waals surface area (Å²) in [7, 11) is 1.62. The van der Waals surface area contributed by atoms with Crippen LogP contribution in [0.5, 0.6) is 5.75 Å². The highest BCUT2D eigenvalue weighted by atomic mass is 16.6. The third-order valence-electron chi connectivity index (χ3n) is 6.17. The van der Waals surface area contributed by atoms with E-state index in [0.717, 1.165) is 22.4 Å². The lowest BCUT2D eigenvalue weighted by Gasteiger charge is -2.37. The molecule has 0 radical (unpaired) electrons. The topological polar surface area (TPSA) is 135 Å². The van der Waals surface area contributed by atoms with Crippen molar-refractivity contribution >= 4 is 18.0 Å². The molecule has 212 valence electrons. The molecule has 0 aliphatic carbocycles. The lowest BCUT2D eigenvalue weighted by atomic mass is 9.77. The van der Waals surface area contributed by atoms with E-state index in [1.54, 1.807) is 27.9 Å². The molecule has 0 saturated heterocycles. The number of hydrogen-bond acceptors (Lipinski definition) is 5. The zero-order valence-electron chi connectivity index (χ0n) is 23.4. The number of rotatable bonds is 11. The second-order valence-electron chi connectivity index (χ2n) is 10.3. The maximum atomic E-state index is 12.1. The number of carbonyl (C=O) groups is 2. The SMILES string of the molecule is COc1ccc(C(NC(N)=NCCC[C@H](NC(=O)OC(C)(C)C)C(=O)O)(c2ccccc2)c2ccccc2)cc1. The van der Waals surface area contributed by atoms with Gasteiger partial charge in [0.05, 0.1) is 7.11 Å². The van der Waals surface area contributed by atoms with Gasteiger partial charge >= 0.3 is 12.1 Å². The maximum absolute atomic E-state index is 12.1. The second kappa shape index (κ2) is 13.5. The molecule has 1 amide bonds. The number of alkyl carbamates (subject to hydrolysis) is 1. The minimum absolute atomic E-state index is 0.159. The van der Waals surface area contributed by atoms with Gasteiger partial charge in [-0.15, -0.1) is 0 Å². The number of guanidine groups is 1. The summed E-state index contributed by atoms with van der Waals surface area (Å²) in [6, 6.07) is 26.5. The van der Waals surface area contributed by atoms with E-state index in [1.807, 2.05) is 84.9 Å². The number of carbonyl (C=O) groups excluding carboxylic acids is 1. The molecule has 0 bridgehead atoms.